The molecule has 2 aliphatic rings. The van der Waals surface area contributed by atoms with Crippen LogP contribution in [-0.4, -0.2) is 41.6 Å². The summed E-state index contributed by atoms with van der Waals surface area (Å²) in [7, 11) is -0.444. The third-order valence-electron chi connectivity index (χ3n) is 2.61. The van der Waals surface area contributed by atoms with Crippen LogP contribution in [0, 0.1) is 0 Å². The summed E-state index contributed by atoms with van der Waals surface area (Å²) in [4.78, 5) is 0. The predicted octanol–water partition coefficient (Wildman–Crippen LogP) is 1.59. The van der Waals surface area contributed by atoms with Gasteiger partial charge in [-0.05, 0) is 24.9 Å². The van der Waals surface area contributed by atoms with Crippen molar-refractivity contribution in [2.24, 2.45) is 0 Å². The molecule has 4 heteroatoms. The molecule has 3 nitrogen and oxygen atoms in total. The van der Waals surface area contributed by atoms with Gasteiger partial charge < -0.3 is 13.9 Å². The van der Waals surface area contributed by atoms with Crippen LogP contribution in [-0.2, 0) is 13.9 Å². The lowest BCUT2D eigenvalue weighted by Crippen LogP contribution is -2.23. The highest BCUT2D eigenvalue weighted by molar-refractivity contribution is 6.51. The fourth-order valence-corrected chi connectivity index (χ4v) is 3.82. The fraction of sp³-hybridized carbons (Fsp3) is 1.00. The van der Waals surface area contributed by atoms with Crippen molar-refractivity contribution in [3.8, 4) is 0 Å². The topological polar surface area (TPSA) is 31.0 Å². The Morgan fingerprint density at radius 3 is 3.00 bits per heavy atom. The zero-order valence-corrected chi connectivity index (χ0v) is 9.67. The first kappa shape index (κ1) is 10.6. The maximum atomic E-state index is 5.74. The first-order chi connectivity index (χ1) is 6.95. The third kappa shape index (κ3) is 4.08. The molecule has 0 aliphatic carbocycles. The Kier molecular flexibility index (Phi) is 4.43. The van der Waals surface area contributed by atoms with E-state index in [2.05, 4.69) is 0 Å². The van der Waals surface area contributed by atoms with E-state index in [0.29, 0.717) is 6.10 Å². The Morgan fingerprint density at radius 2 is 2.29 bits per heavy atom. The minimum Gasteiger partial charge on any atom is -0.417 e. The van der Waals surface area contributed by atoms with Crippen molar-refractivity contribution < 1.29 is 13.9 Å². The zero-order chi connectivity index (χ0) is 9.64. The normalized spacial score (nSPS) is 27.9. The van der Waals surface area contributed by atoms with Crippen molar-refractivity contribution in [2.45, 2.75) is 37.5 Å². The SMILES string of the molecule is C1CC[Si](CCCOCC2CO2)OC1. The minimum atomic E-state index is -0.444. The van der Waals surface area contributed by atoms with Gasteiger partial charge in [0.25, 0.3) is 0 Å². The first-order valence-corrected chi connectivity index (χ1v) is 7.44. The van der Waals surface area contributed by atoms with Gasteiger partial charge in [-0.1, -0.05) is 6.42 Å². The number of epoxide rings is 1. The quantitative estimate of drug-likeness (QED) is 0.383. The van der Waals surface area contributed by atoms with E-state index in [1.54, 1.807) is 0 Å². The second-order valence-corrected chi connectivity index (χ2v) is 6.34. The molecule has 14 heavy (non-hydrogen) atoms. The summed E-state index contributed by atoms with van der Waals surface area (Å²) in [6.07, 6.45) is 4.23. The molecule has 0 aromatic rings. The van der Waals surface area contributed by atoms with Gasteiger partial charge in [0.15, 0.2) is 0 Å². The molecule has 0 amide bonds. The average molecular weight is 215 g/mol. The minimum absolute atomic E-state index is 0.412. The maximum absolute atomic E-state index is 5.74. The Labute approximate surface area is 87.5 Å². The van der Waals surface area contributed by atoms with Crippen LogP contribution in [0.4, 0.5) is 0 Å². The van der Waals surface area contributed by atoms with E-state index in [1.807, 2.05) is 0 Å². The summed E-state index contributed by atoms with van der Waals surface area (Å²) in [6, 6.07) is 2.60. The molecule has 1 radical (unpaired) electrons. The molecular formula is C10H19O3Si. The lowest BCUT2D eigenvalue weighted by atomic mass is 10.4. The molecule has 0 spiro atoms. The van der Waals surface area contributed by atoms with E-state index in [4.69, 9.17) is 13.9 Å². The molecule has 0 bridgehead atoms. The van der Waals surface area contributed by atoms with E-state index in [1.165, 1.54) is 31.4 Å². The number of rotatable bonds is 6. The molecule has 1 atom stereocenters. The Morgan fingerprint density at radius 1 is 1.36 bits per heavy atom. The number of hydrogen-bond acceptors (Lipinski definition) is 3. The van der Waals surface area contributed by atoms with Crippen LogP contribution in [0.3, 0.4) is 0 Å². The first-order valence-electron chi connectivity index (χ1n) is 5.62. The second-order valence-electron chi connectivity index (χ2n) is 3.98. The predicted molar refractivity (Wildman–Crippen MR) is 55.7 cm³/mol. The summed E-state index contributed by atoms with van der Waals surface area (Å²) in [6.45, 7) is 3.59. The molecular weight excluding hydrogens is 196 g/mol. The van der Waals surface area contributed by atoms with Gasteiger partial charge in [0.05, 0.1) is 13.2 Å². The third-order valence-corrected chi connectivity index (χ3v) is 5.04. The van der Waals surface area contributed by atoms with Crippen LogP contribution >= 0.6 is 0 Å². The molecule has 0 aromatic carbocycles. The standard InChI is InChI=1S/C10H19O3Si/c1-2-6-14(13-5-1)7-3-4-11-8-10-9-12-10/h10H,1-9H2. The molecule has 0 saturated carbocycles. The van der Waals surface area contributed by atoms with Gasteiger partial charge in [0, 0.05) is 13.2 Å². The van der Waals surface area contributed by atoms with E-state index < -0.39 is 9.04 Å². The summed E-state index contributed by atoms with van der Waals surface area (Å²) < 4.78 is 16.3. The number of ether oxygens (including phenoxy) is 2. The largest absolute Gasteiger partial charge is 0.417 e. The zero-order valence-electron chi connectivity index (χ0n) is 8.67. The Bertz CT molecular complexity index is 155. The van der Waals surface area contributed by atoms with Gasteiger partial charge in [0.2, 0.25) is 9.04 Å². The second kappa shape index (κ2) is 5.85. The van der Waals surface area contributed by atoms with Crippen LogP contribution in [0.2, 0.25) is 12.1 Å². The molecule has 0 N–H and O–H groups in total. The summed E-state index contributed by atoms with van der Waals surface area (Å²) in [5.74, 6) is 0. The van der Waals surface area contributed by atoms with Crippen molar-refractivity contribution in [3.05, 3.63) is 0 Å². The molecule has 2 aliphatic heterocycles. The van der Waals surface area contributed by atoms with Gasteiger partial charge >= 0.3 is 0 Å². The Hall–Kier alpha value is 0.0969. The molecule has 0 aromatic heterocycles. The molecule has 2 rings (SSSR count). The lowest BCUT2D eigenvalue weighted by Gasteiger charge is -2.19. The average Bonchev–Trinajstić information content (AvgIpc) is 3.03. The van der Waals surface area contributed by atoms with Crippen LogP contribution in [0.5, 0.6) is 0 Å². The van der Waals surface area contributed by atoms with E-state index in [0.717, 1.165) is 26.4 Å². The van der Waals surface area contributed by atoms with E-state index in [9.17, 15) is 0 Å². The van der Waals surface area contributed by atoms with Gasteiger partial charge in [-0.25, -0.2) is 0 Å². The van der Waals surface area contributed by atoms with Gasteiger partial charge in [0.1, 0.15) is 6.10 Å². The van der Waals surface area contributed by atoms with Crippen LogP contribution in [0.25, 0.3) is 0 Å². The smallest absolute Gasteiger partial charge is 0.211 e. The van der Waals surface area contributed by atoms with E-state index >= 15 is 0 Å². The molecule has 2 saturated heterocycles. The molecule has 2 fully saturated rings. The summed E-state index contributed by atoms with van der Waals surface area (Å²) in [5.41, 5.74) is 0. The Balaban J connectivity index is 1.41. The van der Waals surface area contributed by atoms with Crippen LogP contribution in [0.1, 0.15) is 19.3 Å². The van der Waals surface area contributed by atoms with Crippen LogP contribution in [0.15, 0.2) is 0 Å². The van der Waals surface area contributed by atoms with Crippen molar-refractivity contribution in [2.75, 3.05) is 26.4 Å². The van der Waals surface area contributed by atoms with Crippen molar-refractivity contribution in [1.29, 1.82) is 0 Å². The van der Waals surface area contributed by atoms with Crippen LogP contribution < -0.4 is 0 Å². The monoisotopic (exact) mass is 215 g/mol. The highest BCUT2D eigenvalue weighted by Crippen LogP contribution is 2.15. The summed E-state index contributed by atoms with van der Waals surface area (Å²) in [5, 5.41) is 0. The van der Waals surface area contributed by atoms with Crippen molar-refractivity contribution in [3.63, 3.8) is 0 Å². The molecule has 81 valence electrons. The van der Waals surface area contributed by atoms with Crippen molar-refractivity contribution in [1.82, 2.24) is 0 Å². The number of hydrogen-bond donors (Lipinski definition) is 0. The van der Waals surface area contributed by atoms with Gasteiger partial charge in [-0.3, -0.25) is 0 Å². The molecule has 2 heterocycles. The molecule has 1 unspecified atom stereocenters. The fourth-order valence-electron chi connectivity index (χ4n) is 1.66. The summed E-state index contributed by atoms with van der Waals surface area (Å²) >= 11 is 0. The lowest BCUT2D eigenvalue weighted by molar-refractivity contribution is 0.116. The maximum Gasteiger partial charge on any atom is 0.211 e. The highest BCUT2D eigenvalue weighted by Gasteiger charge is 2.22. The van der Waals surface area contributed by atoms with Gasteiger partial charge in [-0.15, -0.1) is 0 Å². The van der Waals surface area contributed by atoms with Gasteiger partial charge in [-0.2, -0.15) is 0 Å². The van der Waals surface area contributed by atoms with E-state index in [-0.39, 0.29) is 0 Å². The van der Waals surface area contributed by atoms with Crippen molar-refractivity contribution >= 4 is 9.04 Å². The highest BCUT2D eigenvalue weighted by atomic mass is 28.3.